The number of aryl methyl sites for hydroxylation is 1. The molecular weight excluding hydrogens is 304 g/mol. The Kier molecular flexibility index (Phi) is 7.12. The van der Waals surface area contributed by atoms with E-state index >= 15 is 0 Å². The van der Waals surface area contributed by atoms with Gasteiger partial charge in [-0.15, -0.1) is 0 Å². The molecule has 1 amide bonds. The van der Waals surface area contributed by atoms with Gasteiger partial charge in [-0.1, -0.05) is 6.42 Å². The molecule has 0 aromatic carbocycles. The highest BCUT2D eigenvalue weighted by atomic mass is 16.5. The lowest BCUT2D eigenvalue weighted by atomic mass is 10.0. The quantitative estimate of drug-likeness (QED) is 0.766. The van der Waals surface area contributed by atoms with Crippen molar-refractivity contribution in [1.29, 1.82) is 0 Å². The van der Waals surface area contributed by atoms with E-state index in [4.69, 9.17) is 4.74 Å². The minimum absolute atomic E-state index is 0.0175. The average molecular weight is 334 g/mol. The predicted octanol–water partition coefficient (Wildman–Crippen LogP) is 2.44. The van der Waals surface area contributed by atoms with E-state index in [9.17, 15) is 4.79 Å². The Morgan fingerprint density at radius 1 is 1.38 bits per heavy atom. The summed E-state index contributed by atoms with van der Waals surface area (Å²) in [4.78, 5) is 26.0. The number of amides is 1. The fourth-order valence-corrected chi connectivity index (χ4v) is 3.30. The molecule has 2 heterocycles. The monoisotopic (exact) mass is 334 g/mol. The summed E-state index contributed by atoms with van der Waals surface area (Å²) in [6.45, 7) is 9.94. The van der Waals surface area contributed by atoms with Crippen LogP contribution in [0, 0.1) is 6.92 Å². The van der Waals surface area contributed by atoms with Crippen molar-refractivity contribution < 1.29 is 9.53 Å². The second-order valence-corrected chi connectivity index (χ2v) is 6.25. The summed E-state index contributed by atoms with van der Waals surface area (Å²) in [5.74, 6) is 0.850. The maximum absolute atomic E-state index is 12.5. The molecule has 24 heavy (non-hydrogen) atoms. The van der Waals surface area contributed by atoms with E-state index in [1.807, 2.05) is 20.8 Å². The summed E-state index contributed by atoms with van der Waals surface area (Å²) < 4.78 is 5.22. The van der Waals surface area contributed by atoms with Gasteiger partial charge in [-0.3, -0.25) is 9.69 Å². The minimum atomic E-state index is 0.0175. The molecular formula is C18H30N4O2. The van der Waals surface area contributed by atoms with Crippen LogP contribution >= 0.6 is 0 Å². The van der Waals surface area contributed by atoms with Crippen LogP contribution in [-0.4, -0.2) is 65.6 Å². The second kappa shape index (κ2) is 9.08. The zero-order valence-corrected chi connectivity index (χ0v) is 15.4. The van der Waals surface area contributed by atoms with Crippen LogP contribution < -0.4 is 0 Å². The van der Waals surface area contributed by atoms with Crippen molar-refractivity contribution >= 4 is 5.91 Å². The first-order chi connectivity index (χ1) is 11.6. The second-order valence-electron chi connectivity index (χ2n) is 6.25. The molecule has 2 rings (SSSR count). The number of carbonyl (C=O) groups is 1. The number of hydrogen-bond donors (Lipinski definition) is 0. The molecule has 1 fully saturated rings. The molecule has 0 unspecified atom stereocenters. The van der Waals surface area contributed by atoms with Gasteiger partial charge in [0.15, 0.2) is 0 Å². The third-order valence-corrected chi connectivity index (χ3v) is 4.77. The van der Waals surface area contributed by atoms with E-state index in [0.717, 1.165) is 31.0 Å². The molecule has 1 aliphatic rings. The van der Waals surface area contributed by atoms with Crippen molar-refractivity contribution in [3.05, 3.63) is 23.3 Å². The lowest BCUT2D eigenvalue weighted by Gasteiger charge is -2.34. The number of carbonyl (C=O) groups excluding carboxylic acids is 1. The Balaban J connectivity index is 2.19. The molecule has 0 spiro atoms. The van der Waals surface area contributed by atoms with Gasteiger partial charge in [0.05, 0.1) is 23.9 Å². The molecule has 0 radical (unpaired) electrons. The van der Waals surface area contributed by atoms with Gasteiger partial charge < -0.3 is 9.64 Å². The standard InChI is InChI=1S/C18H30N4O2/c1-5-21(6-2)18(23)15-13-19-17(20-14(15)3)16-9-7-8-10-22(16)11-12-24-4/h13,16H,5-12H2,1-4H3/t16-/m0/s1. The van der Waals surface area contributed by atoms with Crippen molar-refractivity contribution in [3.63, 3.8) is 0 Å². The Labute approximate surface area is 145 Å². The smallest absolute Gasteiger partial charge is 0.257 e. The summed E-state index contributed by atoms with van der Waals surface area (Å²) in [7, 11) is 1.73. The summed E-state index contributed by atoms with van der Waals surface area (Å²) in [6, 6.07) is 0.227. The maximum Gasteiger partial charge on any atom is 0.257 e. The molecule has 6 heteroatoms. The van der Waals surface area contributed by atoms with Crippen LogP contribution in [0.4, 0.5) is 0 Å². The van der Waals surface area contributed by atoms with Crippen LogP contribution in [0.5, 0.6) is 0 Å². The summed E-state index contributed by atoms with van der Waals surface area (Å²) in [5.41, 5.74) is 1.39. The average Bonchev–Trinajstić information content (AvgIpc) is 2.61. The summed E-state index contributed by atoms with van der Waals surface area (Å²) >= 11 is 0. The number of aromatic nitrogens is 2. The number of nitrogens with zero attached hydrogens (tertiary/aromatic N) is 4. The summed E-state index contributed by atoms with van der Waals surface area (Å²) in [6.07, 6.45) is 5.17. The fraction of sp³-hybridized carbons (Fsp3) is 0.722. The Bertz CT molecular complexity index is 546. The van der Waals surface area contributed by atoms with Gasteiger partial charge in [-0.25, -0.2) is 9.97 Å². The lowest BCUT2D eigenvalue weighted by molar-refractivity contribution is 0.0770. The number of piperidine rings is 1. The van der Waals surface area contributed by atoms with Gasteiger partial charge >= 0.3 is 0 Å². The van der Waals surface area contributed by atoms with E-state index in [1.165, 1.54) is 12.8 Å². The molecule has 1 aromatic heterocycles. The van der Waals surface area contributed by atoms with Gasteiger partial charge in [-0.2, -0.15) is 0 Å². The van der Waals surface area contributed by atoms with E-state index in [0.29, 0.717) is 25.3 Å². The molecule has 6 nitrogen and oxygen atoms in total. The molecule has 0 saturated carbocycles. The van der Waals surface area contributed by atoms with E-state index in [1.54, 1.807) is 18.2 Å². The van der Waals surface area contributed by atoms with Gasteiger partial charge in [-0.05, 0) is 40.2 Å². The molecule has 0 N–H and O–H groups in total. The highest BCUT2D eigenvalue weighted by molar-refractivity contribution is 5.94. The van der Waals surface area contributed by atoms with Gasteiger partial charge in [0.1, 0.15) is 5.82 Å². The molecule has 134 valence electrons. The number of methoxy groups -OCH3 is 1. The molecule has 1 saturated heterocycles. The summed E-state index contributed by atoms with van der Waals surface area (Å²) in [5, 5.41) is 0. The lowest BCUT2D eigenvalue weighted by Crippen LogP contribution is -2.37. The van der Waals surface area contributed by atoms with Crippen LogP contribution in [0.3, 0.4) is 0 Å². The van der Waals surface area contributed by atoms with E-state index in [2.05, 4.69) is 14.9 Å². The van der Waals surface area contributed by atoms with Crippen LogP contribution in [-0.2, 0) is 4.74 Å². The molecule has 0 bridgehead atoms. The number of hydrogen-bond acceptors (Lipinski definition) is 5. The zero-order valence-electron chi connectivity index (χ0n) is 15.4. The van der Waals surface area contributed by atoms with Crippen molar-refractivity contribution in [1.82, 2.24) is 19.8 Å². The Morgan fingerprint density at radius 2 is 2.12 bits per heavy atom. The fourth-order valence-electron chi connectivity index (χ4n) is 3.30. The van der Waals surface area contributed by atoms with E-state index < -0.39 is 0 Å². The van der Waals surface area contributed by atoms with Gasteiger partial charge in [0.25, 0.3) is 5.91 Å². The number of likely N-dealkylation sites (tertiary alicyclic amines) is 1. The number of ether oxygens (including phenoxy) is 1. The van der Waals surface area contributed by atoms with Crippen molar-refractivity contribution in [2.75, 3.05) is 39.9 Å². The third kappa shape index (κ3) is 4.30. The molecule has 1 atom stereocenters. The zero-order chi connectivity index (χ0) is 17.5. The molecule has 1 aliphatic heterocycles. The van der Waals surface area contributed by atoms with E-state index in [-0.39, 0.29) is 11.9 Å². The normalized spacial score (nSPS) is 18.6. The first kappa shape index (κ1) is 18.8. The minimum Gasteiger partial charge on any atom is -0.383 e. The van der Waals surface area contributed by atoms with Crippen LogP contribution in [0.1, 0.15) is 61.0 Å². The molecule has 0 aliphatic carbocycles. The van der Waals surface area contributed by atoms with Crippen molar-refractivity contribution in [3.8, 4) is 0 Å². The third-order valence-electron chi connectivity index (χ3n) is 4.77. The predicted molar refractivity (Wildman–Crippen MR) is 94.1 cm³/mol. The highest BCUT2D eigenvalue weighted by Crippen LogP contribution is 2.28. The Morgan fingerprint density at radius 3 is 2.75 bits per heavy atom. The SMILES string of the molecule is CCN(CC)C(=O)c1cnc([C@@H]2CCCCN2CCOC)nc1C. The maximum atomic E-state index is 12.5. The van der Waals surface area contributed by atoms with Crippen LogP contribution in [0.15, 0.2) is 6.20 Å². The first-order valence-electron chi connectivity index (χ1n) is 8.98. The number of rotatable bonds is 7. The van der Waals surface area contributed by atoms with Gasteiger partial charge in [0, 0.05) is 32.9 Å². The first-order valence-corrected chi connectivity index (χ1v) is 8.98. The van der Waals surface area contributed by atoms with Crippen molar-refractivity contribution in [2.24, 2.45) is 0 Å². The molecule has 1 aromatic rings. The topological polar surface area (TPSA) is 58.6 Å². The van der Waals surface area contributed by atoms with Crippen molar-refractivity contribution in [2.45, 2.75) is 46.1 Å². The van der Waals surface area contributed by atoms with Crippen LogP contribution in [0.2, 0.25) is 0 Å². The highest BCUT2D eigenvalue weighted by Gasteiger charge is 2.27. The van der Waals surface area contributed by atoms with Gasteiger partial charge in [0.2, 0.25) is 0 Å². The largest absolute Gasteiger partial charge is 0.383 e. The van der Waals surface area contributed by atoms with Crippen LogP contribution in [0.25, 0.3) is 0 Å². The Hall–Kier alpha value is -1.53.